The molecular formula is C25H29BF4N2. The summed E-state index contributed by atoms with van der Waals surface area (Å²) in [6.07, 6.45) is 6.78. The van der Waals surface area contributed by atoms with Crippen LogP contribution in [0.15, 0.2) is 72.5 Å². The van der Waals surface area contributed by atoms with Crippen molar-refractivity contribution in [1.82, 2.24) is 0 Å². The van der Waals surface area contributed by atoms with Gasteiger partial charge in [0.2, 0.25) is 5.69 Å². The lowest BCUT2D eigenvalue weighted by Gasteiger charge is -2.23. The van der Waals surface area contributed by atoms with Crippen LogP contribution in [0.4, 0.5) is 28.6 Å². The van der Waals surface area contributed by atoms with Crippen LogP contribution in [0.1, 0.15) is 38.8 Å². The first-order chi connectivity index (χ1) is 14.8. The number of allylic oxidation sites excluding steroid dienone is 4. The van der Waals surface area contributed by atoms with Crippen LogP contribution in [-0.2, 0) is 10.8 Å². The molecule has 0 unspecified atom stereocenters. The molecular weight excluding hydrogens is 415 g/mol. The molecule has 0 N–H and O–H groups in total. The number of nitrogens with zero attached hydrogens (tertiary/aromatic N) is 2. The first kappa shape index (κ1) is 23.8. The first-order valence-corrected chi connectivity index (χ1v) is 10.6. The molecule has 0 fully saturated rings. The minimum absolute atomic E-state index is 0.0143. The third kappa shape index (κ3) is 4.38. The average Bonchev–Trinajstić information content (AvgIpc) is 3.01. The number of anilines is 1. The van der Waals surface area contributed by atoms with Gasteiger partial charge in [-0.3, -0.25) is 0 Å². The summed E-state index contributed by atoms with van der Waals surface area (Å²) in [5.74, 6) is 0. The summed E-state index contributed by atoms with van der Waals surface area (Å²) in [7, 11) is -1.66. The van der Waals surface area contributed by atoms with E-state index in [0.29, 0.717) is 0 Å². The summed E-state index contributed by atoms with van der Waals surface area (Å²) in [5, 5.41) is 0. The van der Waals surface area contributed by atoms with E-state index in [1.165, 1.54) is 33.9 Å². The van der Waals surface area contributed by atoms with E-state index in [4.69, 9.17) is 0 Å². The van der Waals surface area contributed by atoms with Gasteiger partial charge in [0.05, 0.1) is 5.41 Å². The Morgan fingerprint density at radius 1 is 0.844 bits per heavy atom. The number of halogens is 4. The van der Waals surface area contributed by atoms with Gasteiger partial charge in [-0.25, -0.2) is 0 Å². The molecule has 0 amide bonds. The monoisotopic (exact) mass is 444 g/mol. The molecule has 2 aromatic carbocycles. The number of hydrogen-bond acceptors (Lipinski definition) is 1. The highest BCUT2D eigenvalue weighted by molar-refractivity contribution is 6.50. The van der Waals surface area contributed by atoms with Gasteiger partial charge >= 0.3 is 7.25 Å². The molecule has 170 valence electrons. The Hall–Kier alpha value is -2.83. The topological polar surface area (TPSA) is 6.25 Å². The minimum Gasteiger partial charge on any atom is -0.418 e. The van der Waals surface area contributed by atoms with Crippen molar-refractivity contribution in [3.63, 3.8) is 0 Å². The van der Waals surface area contributed by atoms with Gasteiger partial charge in [-0.15, -0.1) is 0 Å². The second-order valence-electron chi connectivity index (χ2n) is 9.19. The van der Waals surface area contributed by atoms with Crippen molar-refractivity contribution in [1.29, 1.82) is 0 Å². The van der Waals surface area contributed by atoms with E-state index in [9.17, 15) is 17.3 Å². The fourth-order valence-corrected chi connectivity index (χ4v) is 4.83. The Balaban J connectivity index is 0.000000523. The summed E-state index contributed by atoms with van der Waals surface area (Å²) in [5.41, 5.74) is 8.09. The van der Waals surface area contributed by atoms with Crippen molar-refractivity contribution in [2.24, 2.45) is 0 Å². The van der Waals surface area contributed by atoms with Crippen LogP contribution < -0.4 is 4.90 Å². The predicted octanol–water partition coefficient (Wildman–Crippen LogP) is 6.86. The molecule has 0 aliphatic carbocycles. The lowest BCUT2D eigenvalue weighted by molar-refractivity contribution is -0.401. The lowest BCUT2D eigenvalue weighted by Crippen LogP contribution is -2.26. The number of fused-ring (bicyclic) bond motifs is 2. The Kier molecular flexibility index (Phi) is 6.15. The molecule has 0 saturated heterocycles. The van der Waals surface area contributed by atoms with Gasteiger partial charge in [0.15, 0.2) is 5.71 Å². The van der Waals surface area contributed by atoms with E-state index in [1.807, 2.05) is 0 Å². The molecule has 2 aromatic rings. The quantitative estimate of drug-likeness (QED) is 0.279. The zero-order valence-corrected chi connectivity index (χ0v) is 19.3. The van der Waals surface area contributed by atoms with Crippen molar-refractivity contribution in [3.05, 3.63) is 83.6 Å². The lowest BCUT2D eigenvalue weighted by atomic mass is 9.81. The highest BCUT2D eigenvalue weighted by Crippen LogP contribution is 2.46. The van der Waals surface area contributed by atoms with E-state index in [-0.39, 0.29) is 10.8 Å². The van der Waals surface area contributed by atoms with Crippen LogP contribution in [0.2, 0.25) is 0 Å². The zero-order chi connectivity index (χ0) is 23.9. The standard InChI is InChI=1S/C25H29N2.BF4/c1-24(2)18-12-7-9-14-20(18)26(5)22(24)16-11-17-23-25(3,4)19-13-8-10-15-21(19)27(23)6;2-1(3,4)5/h7-17H,1-6H3;/q+1;-1. The van der Waals surface area contributed by atoms with Crippen molar-refractivity contribution in [2.45, 2.75) is 38.5 Å². The maximum Gasteiger partial charge on any atom is 0.673 e. The number of benzene rings is 2. The van der Waals surface area contributed by atoms with Gasteiger partial charge in [0.25, 0.3) is 0 Å². The van der Waals surface area contributed by atoms with E-state index < -0.39 is 7.25 Å². The predicted molar refractivity (Wildman–Crippen MR) is 126 cm³/mol. The highest BCUT2D eigenvalue weighted by atomic mass is 19.5. The number of likely N-dealkylation sites (N-methyl/N-ethyl adjacent to an activating group) is 1. The van der Waals surface area contributed by atoms with Gasteiger partial charge in [0, 0.05) is 41.6 Å². The molecule has 0 spiro atoms. The molecule has 2 heterocycles. The highest BCUT2D eigenvalue weighted by Gasteiger charge is 2.42. The molecule has 32 heavy (non-hydrogen) atoms. The van der Waals surface area contributed by atoms with Gasteiger partial charge in [0.1, 0.15) is 7.05 Å². The van der Waals surface area contributed by atoms with E-state index >= 15 is 0 Å². The zero-order valence-electron chi connectivity index (χ0n) is 19.3. The summed E-state index contributed by atoms with van der Waals surface area (Å²) in [6.45, 7) is 9.24. The Labute approximate surface area is 187 Å². The maximum atomic E-state index is 9.75. The molecule has 2 aliphatic heterocycles. The molecule has 4 rings (SSSR count). The second kappa shape index (κ2) is 8.26. The van der Waals surface area contributed by atoms with Crippen LogP contribution in [0.5, 0.6) is 0 Å². The second-order valence-corrected chi connectivity index (χ2v) is 9.19. The van der Waals surface area contributed by atoms with Gasteiger partial charge < -0.3 is 22.2 Å². The Bertz CT molecular complexity index is 1100. The minimum atomic E-state index is -6.00. The maximum absolute atomic E-state index is 9.75. The molecule has 2 aliphatic rings. The molecule has 7 heteroatoms. The third-order valence-electron chi connectivity index (χ3n) is 6.39. The van der Waals surface area contributed by atoms with Crippen molar-refractivity contribution in [3.8, 4) is 0 Å². The van der Waals surface area contributed by atoms with Crippen LogP contribution in [0.3, 0.4) is 0 Å². The van der Waals surface area contributed by atoms with Crippen molar-refractivity contribution < 1.29 is 21.8 Å². The SMILES string of the molecule is CN1/C(=C/C=C/C2=[N+](C)c3ccccc3C2(C)C)C(C)(C)c2ccccc21.F[B-](F)(F)F. The molecule has 0 atom stereocenters. The summed E-state index contributed by atoms with van der Waals surface area (Å²) < 4.78 is 41.3. The summed E-state index contributed by atoms with van der Waals surface area (Å²) >= 11 is 0. The van der Waals surface area contributed by atoms with Gasteiger partial charge in [-0.2, -0.15) is 4.58 Å². The van der Waals surface area contributed by atoms with Crippen LogP contribution in [0, 0.1) is 0 Å². The fourth-order valence-electron chi connectivity index (χ4n) is 4.83. The first-order valence-electron chi connectivity index (χ1n) is 10.6. The van der Waals surface area contributed by atoms with Crippen LogP contribution in [0.25, 0.3) is 0 Å². The summed E-state index contributed by atoms with van der Waals surface area (Å²) in [4.78, 5) is 2.32. The van der Waals surface area contributed by atoms with E-state index in [0.717, 1.165) is 0 Å². The average molecular weight is 444 g/mol. The van der Waals surface area contributed by atoms with Crippen molar-refractivity contribution in [2.75, 3.05) is 19.0 Å². The molecule has 2 nitrogen and oxygen atoms in total. The van der Waals surface area contributed by atoms with E-state index in [2.05, 4.69) is 118 Å². The normalized spacial score (nSPS) is 19.8. The third-order valence-corrected chi connectivity index (χ3v) is 6.39. The largest absolute Gasteiger partial charge is 0.673 e. The Morgan fingerprint density at radius 3 is 1.94 bits per heavy atom. The smallest absolute Gasteiger partial charge is 0.418 e. The fraction of sp³-hybridized carbons (Fsp3) is 0.320. The molecule has 0 aromatic heterocycles. The molecule has 0 saturated carbocycles. The molecule has 0 radical (unpaired) electrons. The van der Waals surface area contributed by atoms with Gasteiger partial charge in [-0.1, -0.05) is 56.3 Å². The number of hydrogen-bond donors (Lipinski definition) is 0. The van der Waals surface area contributed by atoms with Crippen LogP contribution >= 0.6 is 0 Å². The number of rotatable bonds is 2. The molecule has 0 bridgehead atoms. The van der Waals surface area contributed by atoms with Gasteiger partial charge in [-0.05, 0) is 31.6 Å². The summed E-state index contributed by atoms with van der Waals surface area (Å²) in [6, 6.07) is 17.4. The number of para-hydroxylation sites is 2. The van der Waals surface area contributed by atoms with Crippen LogP contribution in [-0.4, -0.2) is 31.6 Å². The Morgan fingerprint density at radius 2 is 1.38 bits per heavy atom. The van der Waals surface area contributed by atoms with E-state index in [1.54, 1.807) is 0 Å². The van der Waals surface area contributed by atoms with Crippen molar-refractivity contribution >= 4 is 24.3 Å².